The topological polar surface area (TPSA) is 41.6 Å². The fraction of sp³-hybridized carbons (Fsp3) is 0.632. The van der Waals surface area contributed by atoms with Crippen LogP contribution >= 0.6 is 11.6 Å². The van der Waals surface area contributed by atoms with E-state index in [1.807, 2.05) is 20.8 Å². The van der Waals surface area contributed by atoms with Gasteiger partial charge in [-0.3, -0.25) is 0 Å². The molecule has 2 aliphatic rings. The third kappa shape index (κ3) is 4.20. The quantitative estimate of drug-likeness (QED) is 0.792. The van der Waals surface area contributed by atoms with E-state index in [2.05, 4.69) is 5.32 Å². The number of nitrogens with one attached hydrogen (secondary N) is 1. The lowest BCUT2D eigenvalue weighted by molar-refractivity contribution is -0.00863. The number of carbonyl (C=O) groups excluding carboxylic acids is 1. The zero-order valence-electron chi connectivity index (χ0n) is 15.1. The first kappa shape index (κ1) is 18.3. The van der Waals surface area contributed by atoms with E-state index >= 15 is 0 Å². The summed E-state index contributed by atoms with van der Waals surface area (Å²) in [5, 5.41) is 3.40. The van der Waals surface area contributed by atoms with Crippen LogP contribution in [0.5, 0.6) is 0 Å². The van der Waals surface area contributed by atoms with Crippen molar-refractivity contribution in [2.75, 3.05) is 18.4 Å². The molecular formula is C19H26ClFN2O2. The molecule has 6 heteroatoms. The highest BCUT2D eigenvalue weighted by molar-refractivity contribution is 6.31. The molecule has 3 rings (SSSR count). The van der Waals surface area contributed by atoms with Crippen LogP contribution in [0.4, 0.5) is 14.9 Å². The predicted octanol–water partition coefficient (Wildman–Crippen LogP) is 5.07. The van der Waals surface area contributed by atoms with Gasteiger partial charge in [-0.2, -0.15) is 0 Å². The molecule has 138 valence electrons. The van der Waals surface area contributed by atoms with Gasteiger partial charge in [-0.25, -0.2) is 9.18 Å². The molecule has 1 amide bonds. The van der Waals surface area contributed by atoms with Crippen LogP contribution in [-0.4, -0.2) is 35.7 Å². The number of amides is 1. The number of hydrogen-bond donors (Lipinski definition) is 1. The van der Waals surface area contributed by atoms with E-state index in [0.717, 1.165) is 38.8 Å². The van der Waals surface area contributed by atoms with Crippen molar-refractivity contribution in [2.24, 2.45) is 5.41 Å². The minimum absolute atomic E-state index is 0.143. The maximum absolute atomic E-state index is 14.0. The van der Waals surface area contributed by atoms with Crippen LogP contribution in [0.2, 0.25) is 5.02 Å². The predicted molar refractivity (Wildman–Crippen MR) is 97.5 cm³/mol. The molecule has 1 N–H and O–H groups in total. The number of piperidine rings is 1. The lowest BCUT2D eigenvalue weighted by atomic mass is 9.60. The van der Waals surface area contributed by atoms with Gasteiger partial charge in [0.25, 0.3) is 0 Å². The summed E-state index contributed by atoms with van der Waals surface area (Å²) in [7, 11) is 0. The van der Waals surface area contributed by atoms with Crippen LogP contribution < -0.4 is 5.32 Å². The van der Waals surface area contributed by atoms with E-state index in [4.69, 9.17) is 16.3 Å². The van der Waals surface area contributed by atoms with E-state index in [1.165, 1.54) is 0 Å². The number of anilines is 1. The van der Waals surface area contributed by atoms with Crippen LogP contribution in [0.25, 0.3) is 0 Å². The zero-order chi connectivity index (χ0) is 18.2. The summed E-state index contributed by atoms with van der Waals surface area (Å²) in [5.41, 5.74) is 0.280. The van der Waals surface area contributed by atoms with Crippen LogP contribution in [0.1, 0.15) is 46.5 Å². The average molecular weight is 369 g/mol. The fourth-order valence-corrected chi connectivity index (χ4v) is 4.00. The van der Waals surface area contributed by atoms with Crippen LogP contribution in [-0.2, 0) is 4.74 Å². The highest BCUT2D eigenvalue weighted by Gasteiger charge is 2.46. The molecule has 0 unspecified atom stereocenters. The number of carbonyl (C=O) groups is 1. The summed E-state index contributed by atoms with van der Waals surface area (Å²) < 4.78 is 19.4. The highest BCUT2D eigenvalue weighted by atomic mass is 35.5. The minimum Gasteiger partial charge on any atom is -0.444 e. The van der Waals surface area contributed by atoms with Crippen molar-refractivity contribution in [3.05, 3.63) is 29.0 Å². The molecule has 1 aromatic rings. The van der Waals surface area contributed by atoms with Crippen molar-refractivity contribution >= 4 is 23.4 Å². The normalized spacial score (nSPS) is 20.3. The second-order valence-electron chi connectivity index (χ2n) is 8.32. The maximum atomic E-state index is 14.0. The van der Waals surface area contributed by atoms with Gasteiger partial charge in [0.1, 0.15) is 5.60 Å². The summed E-state index contributed by atoms with van der Waals surface area (Å²) in [4.78, 5) is 13.9. The smallest absolute Gasteiger partial charge is 0.410 e. The molecule has 1 aromatic carbocycles. The second-order valence-corrected chi connectivity index (χ2v) is 8.73. The second kappa shape index (κ2) is 6.67. The first-order chi connectivity index (χ1) is 11.7. The number of likely N-dealkylation sites (tertiary alicyclic amines) is 1. The van der Waals surface area contributed by atoms with Crippen molar-refractivity contribution in [3.63, 3.8) is 0 Å². The third-order valence-corrected chi connectivity index (χ3v) is 5.44. The average Bonchev–Trinajstić information content (AvgIpc) is 2.49. The summed E-state index contributed by atoms with van der Waals surface area (Å²) in [6, 6.07) is 5.29. The van der Waals surface area contributed by atoms with Gasteiger partial charge in [-0.05, 0) is 64.0 Å². The Bertz CT molecular complexity index is 643. The maximum Gasteiger partial charge on any atom is 0.410 e. The Morgan fingerprint density at radius 1 is 1.32 bits per heavy atom. The van der Waals surface area contributed by atoms with Gasteiger partial charge in [0.05, 0.1) is 10.7 Å². The molecule has 1 heterocycles. The first-order valence-corrected chi connectivity index (χ1v) is 9.24. The Morgan fingerprint density at radius 3 is 2.56 bits per heavy atom. The van der Waals surface area contributed by atoms with Gasteiger partial charge in [-0.1, -0.05) is 17.7 Å². The molecule has 1 aliphatic heterocycles. The molecule has 1 saturated heterocycles. The molecule has 0 radical (unpaired) electrons. The molecule has 0 atom stereocenters. The van der Waals surface area contributed by atoms with Gasteiger partial charge >= 0.3 is 6.09 Å². The fourth-order valence-electron chi connectivity index (χ4n) is 3.82. The lowest BCUT2D eigenvalue weighted by Gasteiger charge is -2.52. The Hall–Kier alpha value is -1.49. The van der Waals surface area contributed by atoms with E-state index in [-0.39, 0.29) is 28.4 Å². The number of hydrogen-bond acceptors (Lipinski definition) is 3. The monoisotopic (exact) mass is 368 g/mol. The van der Waals surface area contributed by atoms with Crippen molar-refractivity contribution < 1.29 is 13.9 Å². The number of benzene rings is 1. The standard InChI is InChI=1S/C19H26ClFN2O2/c1-18(2,3)25-17(24)23-9-7-19(8-10-23)11-13(12-19)22-15-6-4-5-14(20)16(15)21/h4-6,13,22H,7-12H2,1-3H3. The van der Waals surface area contributed by atoms with E-state index in [0.29, 0.717) is 5.69 Å². The molecule has 0 bridgehead atoms. The van der Waals surface area contributed by atoms with Gasteiger partial charge < -0.3 is 15.0 Å². The molecule has 1 spiro atoms. The SMILES string of the molecule is CC(C)(C)OC(=O)N1CCC2(CC1)CC(Nc1cccc(Cl)c1F)C2. The Morgan fingerprint density at radius 2 is 1.96 bits per heavy atom. The number of halogens is 2. The summed E-state index contributed by atoms with van der Waals surface area (Å²) in [6.45, 7) is 7.11. The molecule has 0 aromatic heterocycles. The zero-order valence-corrected chi connectivity index (χ0v) is 15.8. The highest BCUT2D eigenvalue weighted by Crippen LogP contribution is 2.50. The van der Waals surface area contributed by atoms with Crippen molar-refractivity contribution in [1.82, 2.24) is 4.90 Å². The first-order valence-electron chi connectivity index (χ1n) is 8.86. The molecular weight excluding hydrogens is 343 g/mol. The number of nitrogens with zero attached hydrogens (tertiary/aromatic N) is 1. The van der Waals surface area contributed by atoms with Crippen LogP contribution in [0, 0.1) is 11.2 Å². The number of ether oxygens (including phenoxy) is 1. The number of rotatable bonds is 2. The van der Waals surface area contributed by atoms with Gasteiger partial charge in [0.2, 0.25) is 0 Å². The Balaban J connectivity index is 1.48. The van der Waals surface area contributed by atoms with Crippen LogP contribution in [0.3, 0.4) is 0 Å². The van der Waals surface area contributed by atoms with E-state index in [9.17, 15) is 9.18 Å². The molecule has 2 fully saturated rings. The van der Waals surface area contributed by atoms with Gasteiger partial charge in [0.15, 0.2) is 5.82 Å². The summed E-state index contributed by atoms with van der Waals surface area (Å²) >= 11 is 5.83. The lowest BCUT2D eigenvalue weighted by Crippen LogP contribution is -2.53. The third-order valence-electron chi connectivity index (χ3n) is 5.15. The molecule has 1 aliphatic carbocycles. The summed E-state index contributed by atoms with van der Waals surface area (Å²) in [5.74, 6) is -0.384. The van der Waals surface area contributed by atoms with Crippen molar-refractivity contribution in [1.29, 1.82) is 0 Å². The van der Waals surface area contributed by atoms with Crippen molar-refractivity contribution in [3.8, 4) is 0 Å². The molecule has 1 saturated carbocycles. The van der Waals surface area contributed by atoms with Crippen LogP contribution in [0.15, 0.2) is 18.2 Å². The summed E-state index contributed by atoms with van der Waals surface area (Å²) in [6.07, 6.45) is 3.73. The largest absolute Gasteiger partial charge is 0.444 e. The minimum atomic E-state index is -0.460. The Kier molecular flexibility index (Phi) is 4.89. The van der Waals surface area contributed by atoms with E-state index < -0.39 is 5.60 Å². The van der Waals surface area contributed by atoms with E-state index in [1.54, 1.807) is 23.1 Å². The van der Waals surface area contributed by atoms with Gasteiger partial charge in [0, 0.05) is 19.1 Å². The Labute approximate surface area is 153 Å². The van der Waals surface area contributed by atoms with Crippen molar-refractivity contribution in [2.45, 2.75) is 58.1 Å². The molecule has 4 nitrogen and oxygen atoms in total. The molecule has 25 heavy (non-hydrogen) atoms. The van der Waals surface area contributed by atoms with Gasteiger partial charge in [-0.15, -0.1) is 0 Å².